The molecule has 0 amide bonds. The van der Waals surface area contributed by atoms with E-state index in [2.05, 4.69) is 17.1 Å². The molecule has 0 bridgehead atoms. The standard InChI is InChI=1S/C22H30ClN3OS/c1-17-8-12-25(13-9-17)10-4-11-26(16-20-5-3-14-27-20)22(28)24-19-6-7-21(23)18(2)15-19/h3,5-7,14-15,17H,4,8-13,16H2,1-2H3,(H,24,28)/p+1. The Morgan fingerprint density at radius 2 is 2.11 bits per heavy atom. The van der Waals surface area contributed by atoms with Gasteiger partial charge in [0, 0.05) is 23.7 Å². The molecule has 1 aromatic heterocycles. The van der Waals surface area contributed by atoms with E-state index in [1.807, 2.05) is 37.3 Å². The summed E-state index contributed by atoms with van der Waals surface area (Å²) in [6.45, 7) is 9.75. The highest BCUT2D eigenvalue weighted by Crippen LogP contribution is 2.20. The number of furan rings is 1. The predicted octanol–water partition coefficient (Wildman–Crippen LogP) is 4.15. The number of benzene rings is 1. The molecule has 1 fully saturated rings. The van der Waals surface area contributed by atoms with Gasteiger partial charge in [0.1, 0.15) is 5.76 Å². The zero-order valence-electron chi connectivity index (χ0n) is 16.8. The molecule has 1 aliphatic heterocycles. The first-order chi connectivity index (χ1) is 13.5. The fourth-order valence-electron chi connectivity index (χ4n) is 3.71. The van der Waals surface area contributed by atoms with Gasteiger partial charge in [0.05, 0.1) is 32.4 Å². The van der Waals surface area contributed by atoms with Crippen LogP contribution in [0.15, 0.2) is 41.0 Å². The maximum Gasteiger partial charge on any atom is 0.173 e. The average Bonchev–Trinajstić information content (AvgIpc) is 3.18. The molecule has 28 heavy (non-hydrogen) atoms. The number of quaternary nitrogens is 1. The number of halogens is 1. The molecule has 1 aliphatic rings. The van der Waals surface area contributed by atoms with E-state index in [0.717, 1.165) is 46.0 Å². The summed E-state index contributed by atoms with van der Waals surface area (Å²) in [4.78, 5) is 3.92. The van der Waals surface area contributed by atoms with Crippen LogP contribution in [0.1, 0.15) is 37.5 Å². The Hall–Kier alpha value is -1.56. The Morgan fingerprint density at radius 3 is 2.79 bits per heavy atom. The number of rotatable bonds is 7. The van der Waals surface area contributed by atoms with E-state index in [-0.39, 0.29) is 0 Å². The molecule has 3 rings (SSSR count). The van der Waals surface area contributed by atoms with E-state index in [4.69, 9.17) is 28.2 Å². The topological polar surface area (TPSA) is 32.9 Å². The van der Waals surface area contributed by atoms with Gasteiger partial charge in [-0.2, -0.15) is 0 Å². The summed E-state index contributed by atoms with van der Waals surface area (Å²) in [6.07, 6.45) is 5.53. The van der Waals surface area contributed by atoms with Gasteiger partial charge in [0.15, 0.2) is 5.11 Å². The van der Waals surface area contributed by atoms with E-state index in [1.165, 1.54) is 32.5 Å². The number of thiocarbonyl (C=S) groups is 1. The molecule has 0 atom stereocenters. The molecule has 2 heterocycles. The molecule has 0 spiro atoms. The third-order valence-corrected chi connectivity index (χ3v) is 6.35. The van der Waals surface area contributed by atoms with Crippen LogP contribution < -0.4 is 10.2 Å². The minimum Gasteiger partial charge on any atom is -0.467 e. The van der Waals surface area contributed by atoms with Crippen LogP contribution in [0.4, 0.5) is 5.69 Å². The Bertz CT molecular complexity index is 757. The fourth-order valence-corrected chi connectivity index (χ4v) is 4.10. The number of anilines is 1. The molecule has 4 nitrogen and oxygen atoms in total. The van der Waals surface area contributed by atoms with Gasteiger partial charge in [-0.05, 0) is 73.8 Å². The zero-order chi connectivity index (χ0) is 19.9. The van der Waals surface area contributed by atoms with E-state index >= 15 is 0 Å². The van der Waals surface area contributed by atoms with Crippen LogP contribution in [0.5, 0.6) is 0 Å². The lowest BCUT2D eigenvalue weighted by Crippen LogP contribution is -3.13. The van der Waals surface area contributed by atoms with Gasteiger partial charge in [0.25, 0.3) is 0 Å². The Balaban J connectivity index is 1.57. The van der Waals surface area contributed by atoms with E-state index < -0.39 is 0 Å². The van der Waals surface area contributed by atoms with Crippen molar-refractivity contribution in [3.63, 3.8) is 0 Å². The van der Waals surface area contributed by atoms with E-state index in [0.29, 0.717) is 6.54 Å². The van der Waals surface area contributed by atoms with E-state index in [1.54, 1.807) is 11.2 Å². The second-order valence-electron chi connectivity index (χ2n) is 7.93. The predicted molar refractivity (Wildman–Crippen MR) is 120 cm³/mol. The average molecular weight is 421 g/mol. The first-order valence-electron chi connectivity index (χ1n) is 10.2. The highest BCUT2D eigenvalue weighted by atomic mass is 35.5. The summed E-state index contributed by atoms with van der Waals surface area (Å²) in [7, 11) is 0. The van der Waals surface area contributed by atoms with Crippen molar-refractivity contribution in [1.29, 1.82) is 0 Å². The Labute approximate surface area is 178 Å². The van der Waals surface area contributed by atoms with Crippen LogP contribution in [0.25, 0.3) is 0 Å². The highest BCUT2D eigenvalue weighted by Gasteiger charge is 2.19. The number of hydrogen-bond acceptors (Lipinski definition) is 2. The largest absolute Gasteiger partial charge is 0.467 e. The molecule has 1 saturated heterocycles. The summed E-state index contributed by atoms with van der Waals surface area (Å²) in [6, 6.07) is 9.81. The maximum absolute atomic E-state index is 6.14. The molecule has 6 heteroatoms. The lowest BCUT2D eigenvalue weighted by atomic mass is 9.99. The van der Waals surface area contributed by atoms with Crippen molar-refractivity contribution in [3.8, 4) is 0 Å². The second-order valence-corrected chi connectivity index (χ2v) is 8.73. The highest BCUT2D eigenvalue weighted by molar-refractivity contribution is 7.80. The number of aryl methyl sites for hydroxylation is 1. The molecule has 0 radical (unpaired) electrons. The van der Waals surface area contributed by atoms with Crippen molar-refractivity contribution in [3.05, 3.63) is 52.9 Å². The number of likely N-dealkylation sites (tertiary alicyclic amines) is 1. The van der Waals surface area contributed by atoms with Crippen molar-refractivity contribution in [2.75, 3.05) is 31.5 Å². The van der Waals surface area contributed by atoms with Crippen molar-refractivity contribution in [2.45, 2.75) is 39.7 Å². The van der Waals surface area contributed by atoms with Crippen LogP contribution in [0.3, 0.4) is 0 Å². The van der Waals surface area contributed by atoms with E-state index in [9.17, 15) is 0 Å². The number of hydrogen-bond donors (Lipinski definition) is 2. The second kappa shape index (κ2) is 10.3. The fraction of sp³-hybridized carbons (Fsp3) is 0.500. The molecule has 0 saturated carbocycles. The van der Waals surface area contributed by atoms with Crippen LogP contribution in [-0.4, -0.2) is 36.2 Å². The number of piperidine rings is 1. The lowest BCUT2D eigenvalue weighted by Gasteiger charge is -2.29. The molecule has 152 valence electrons. The number of nitrogens with one attached hydrogen (secondary N) is 2. The smallest absolute Gasteiger partial charge is 0.173 e. The summed E-state index contributed by atoms with van der Waals surface area (Å²) >= 11 is 11.9. The maximum atomic E-state index is 6.14. The molecule has 1 aromatic carbocycles. The van der Waals surface area contributed by atoms with Crippen molar-refractivity contribution in [2.24, 2.45) is 5.92 Å². The van der Waals surface area contributed by atoms with Gasteiger partial charge in [-0.3, -0.25) is 0 Å². The SMILES string of the molecule is Cc1cc(NC(=S)N(CCC[NH+]2CCC(C)CC2)Cc2ccco2)ccc1Cl. The number of nitrogens with zero attached hydrogens (tertiary/aromatic N) is 1. The monoisotopic (exact) mass is 420 g/mol. The van der Waals surface area contributed by atoms with Gasteiger partial charge in [0.2, 0.25) is 0 Å². The van der Waals surface area contributed by atoms with Crippen LogP contribution in [0.2, 0.25) is 5.02 Å². The molecule has 2 aromatic rings. The molecule has 0 unspecified atom stereocenters. The molecular formula is C22H31ClN3OS+. The quantitative estimate of drug-likeness (QED) is 0.659. The van der Waals surface area contributed by atoms with Crippen LogP contribution in [0, 0.1) is 12.8 Å². The normalized spacial score (nSPS) is 19.4. The van der Waals surface area contributed by atoms with Crippen molar-refractivity contribution in [1.82, 2.24) is 4.90 Å². The summed E-state index contributed by atoms with van der Waals surface area (Å²) in [5, 5.41) is 4.86. The minimum absolute atomic E-state index is 0.678. The van der Waals surface area contributed by atoms with Gasteiger partial charge < -0.3 is 19.5 Å². The molecular weight excluding hydrogens is 390 g/mol. The third kappa shape index (κ3) is 6.23. The van der Waals surface area contributed by atoms with Crippen molar-refractivity contribution < 1.29 is 9.32 Å². The summed E-state index contributed by atoms with van der Waals surface area (Å²) in [5.74, 6) is 1.81. The van der Waals surface area contributed by atoms with Gasteiger partial charge in [-0.15, -0.1) is 0 Å². The summed E-state index contributed by atoms with van der Waals surface area (Å²) < 4.78 is 5.56. The lowest BCUT2D eigenvalue weighted by molar-refractivity contribution is -0.906. The Kier molecular flexibility index (Phi) is 7.77. The third-order valence-electron chi connectivity index (χ3n) is 5.56. The minimum atomic E-state index is 0.678. The van der Waals surface area contributed by atoms with Crippen LogP contribution >= 0.6 is 23.8 Å². The van der Waals surface area contributed by atoms with Gasteiger partial charge in [-0.1, -0.05) is 18.5 Å². The molecule has 0 aliphatic carbocycles. The van der Waals surface area contributed by atoms with Crippen LogP contribution in [-0.2, 0) is 6.54 Å². The Morgan fingerprint density at radius 1 is 1.32 bits per heavy atom. The van der Waals surface area contributed by atoms with Gasteiger partial charge in [-0.25, -0.2) is 0 Å². The first-order valence-corrected chi connectivity index (χ1v) is 11.0. The van der Waals surface area contributed by atoms with Crippen molar-refractivity contribution >= 4 is 34.6 Å². The van der Waals surface area contributed by atoms with Gasteiger partial charge >= 0.3 is 0 Å². The zero-order valence-corrected chi connectivity index (χ0v) is 18.4. The molecule has 2 N–H and O–H groups in total. The summed E-state index contributed by atoms with van der Waals surface area (Å²) in [5.41, 5.74) is 2.00. The first kappa shape index (κ1) is 21.2.